The molecular weight excluding hydrogens is 405 g/mol. The second kappa shape index (κ2) is 6.14. The average Bonchev–Trinajstić information content (AvgIpc) is 3.08. The van der Waals surface area contributed by atoms with Gasteiger partial charge in [0.25, 0.3) is 5.91 Å². The number of aromatic nitrogens is 5. The van der Waals surface area contributed by atoms with Gasteiger partial charge >= 0.3 is 6.18 Å². The zero-order valence-electron chi connectivity index (χ0n) is 13.1. The van der Waals surface area contributed by atoms with E-state index in [4.69, 9.17) is 0 Å². The molecule has 0 aliphatic carbocycles. The van der Waals surface area contributed by atoms with Gasteiger partial charge in [-0.2, -0.15) is 23.4 Å². The van der Waals surface area contributed by atoms with Crippen LogP contribution in [0.5, 0.6) is 0 Å². The smallest absolute Gasteiger partial charge is 0.346 e. The van der Waals surface area contributed by atoms with E-state index in [1.165, 1.54) is 6.92 Å². The zero-order chi connectivity index (χ0) is 18.4. The summed E-state index contributed by atoms with van der Waals surface area (Å²) in [6.07, 6.45) is -1.34. The van der Waals surface area contributed by atoms with Crippen molar-refractivity contribution >= 4 is 27.5 Å². The number of hydrogen-bond acceptors (Lipinski definition) is 4. The molecule has 0 aliphatic rings. The Labute approximate surface area is 148 Å². The number of rotatable bonds is 3. The average molecular weight is 417 g/mol. The third-order valence-corrected chi connectivity index (χ3v) is 4.11. The van der Waals surface area contributed by atoms with Crippen molar-refractivity contribution in [1.82, 2.24) is 29.7 Å². The Hall–Kier alpha value is -2.43. The predicted octanol–water partition coefficient (Wildman–Crippen LogP) is 2.48. The van der Waals surface area contributed by atoms with Crippen molar-refractivity contribution in [3.63, 3.8) is 0 Å². The molecule has 11 heteroatoms. The molecule has 7 nitrogen and oxygen atoms in total. The zero-order valence-corrected chi connectivity index (χ0v) is 14.7. The van der Waals surface area contributed by atoms with Gasteiger partial charge in [0.1, 0.15) is 5.69 Å². The van der Waals surface area contributed by atoms with Crippen LogP contribution in [0.2, 0.25) is 0 Å². The van der Waals surface area contributed by atoms with Crippen LogP contribution in [0.1, 0.15) is 27.4 Å². The first-order valence-corrected chi connectivity index (χ1v) is 7.85. The number of aryl methyl sites for hydroxylation is 2. The highest BCUT2D eigenvalue weighted by atomic mass is 79.9. The van der Waals surface area contributed by atoms with Gasteiger partial charge in [-0.05, 0) is 28.9 Å². The molecule has 25 heavy (non-hydrogen) atoms. The Morgan fingerprint density at radius 1 is 1.40 bits per heavy atom. The van der Waals surface area contributed by atoms with Crippen LogP contribution in [-0.4, -0.2) is 30.3 Å². The van der Waals surface area contributed by atoms with Crippen LogP contribution in [0.15, 0.2) is 22.9 Å². The summed E-state index contributed by atoms with van der Waals surface area (Å²) in [5.74, 6) is -0.619. The molecule has 0 bridgehead atoms. The van der Waals surface area contributed by atoms with Crippen LogP contribution < -0.4 is 5.32 Å². The normalized spacial score (nSPS) is 11.9. The molecule has 3 aromatic rings. The molecule has 0 aliphatic heterocycles. The lowest BCUT2D eigenvalue weighted by Crippen LogP contribution is -2.23. The fraction of sp³-hybridized carbons (Fsp3) is 0.286. The first-order valence-electron chi connectivity index (χ1n) is 7.05. The van der Waals surface area contributed by atoms with Crippen LogP contribution in [-0.2, 0) is 19.8 Å². The highest BCUT2D eigenvalue weighted by Gasteiger charge is 2.36. The number of nitrogens with one attached hydrogen (secondary N) is 1. The molecule has 3 aromatic heterocycles. The number of carbonyl (C=O) groups excluding carboxylic acids is 1. The van der Waals surface area contributed by atoms with Gasteiger partial charge in [0.2, 0.25) is 0 Å². The van der Waals surface area contributed by atoms with E-state index in [9.17, 15) is 18.0 Å². The van der Waals surface area contributed by atoms with Gasteiger partial charge in [0, 0.05) is 31.0 Å². The molecule has 3 heterocycles. The first kappa shape index (κ1) is 17.4. The molecule has 1 amide bonds. The predicted molar refractivity (Wildman–Crippen MR) is 84.8 cm³/mol. The maximum atomic E-state index is 13.2. The van der Waals surface area contributed by atoms with E-state index in [1.54, 1.807) is 24.1 Å². The van der Waals surface area contributed by atoms with E-state index in [1.807, 2.05) is 0 Å². The van der Waals surface area contributed by atoms with E-state index < -0.39 is 17.8 Å². The summed E-state index contributed by atoms with van der Waals surface area (Å²) < 4.78 is 41.9. The second-order valence-corrected chi connectivity index (χ2v) is 6.18. The van der Waals surface area contributed by atoms with Crippen LogP contribution in [0.25, 0.3) is 5.65 Å². The summed E-state index contributed by atoms with van der Waals surface area (Å²) in [6, 6.07) is 0.879. The Kier molecular flexibility index (Phi) is 4.27. The van der Waals surface area contributed by atoms with Crippen molar-refractivity contribution < 1.29 is 18.0 Å². The van der Waals surface area contributed by atoms with Crippen LogP contribution >= 0.6 is 15.9 Å². The van der Waals surface area contributed by atoms with Crippen molar-refractivity contribution in [3.8, 4) is 0 Å². The number of halogens is 4. The standard InChI is InChI=1S/C14H12BrF3N6O/c1-7-3-9(14(16,17)18)24-12(21-7)10(15)11(22-24)13(25)19-4-8-5-20-23(2)6-8/h3,5-6H,4H2,1-2H3,(H,19,25). The summed E-state index contributed by atoms with van der Waals surface area (Å²) in [5, 5.41) is 10.4. The molecule has 0 saturated carbocycles. The van der Waals surface area contributed by atoms with Gasteiger partial charge in [-0.15, -0.1) is 0 Å². The van der Waals surface area contributed by atoms with Crippen molar-refractivity contribution in [2.24, 2.45) is 7.05 Å². The Bertz CT molecular complexity index is 962. The van der Waals surface area contributed by atoms with Gasteiger partial charge in [-0.3, -0.25) is 9.48 Å². The minimum absolute atomic E-state index is 0.0705. The van der Waals surface area contributed by atoms with Gasteiger partial charge in [-0.1, -0.05) is 0 Å². The highest BCUT2D eigenvalue weighted by molar-refractivity contribution is 9.10. The SMILES string of the molecule is Cc1cc(C(F)(F)F)n2nc(C(=O)NCc3cnn(C)c3)c(Br)c2n1. The second-order valence-electron chi connectivity index (χ2n) is 5.38. The van der Waals surface area contributed by atoms with E-state index in [-0.39, 0.29) is 28.1 Å². The lowest BCUT2D eigenvalue weighted by molar-refractivity contribution is -0.142. The van der Waals surface area contributed by atoms with Gasteiger partial charge in [0.05, 0.1) is 10.7 Å². The molecule has 0 saturated heterocycles. The topological polar surface area (TPSA) is 77.1 Å². The highest BCUT2D eigenvalue weighted by Crippen LogP contribution is 2.32. The number of alkyl halides is 3. The summed E-state index contributed by atoms with van der Waals surface area (Å²) in [5.41, 5.74) is -0.322. The van der Waals surface area contributed by atoms with Crippen LogP contribution in [0.4, 0.5) is 13.2 Å². The van der Waals surface area contributed by atoms with E-state index in [0.717, 1.165) is 11.6 Å². The Balaban J connectivity index is 1.96. The van der Waals surface area contributed by atoms with Crippen molar-refractivity contribution in [1.29, 1.82) is 0 Å². The maximum absolute atomic E-state index is 13.2. The summed E-state index contributed by atoms with van der Waals surface area (Å²) in [6.45, 7) is 1.61. The monoisotopic (exact) mass is 416 g/mol. The fourth-order valence-corrected chi connectivity index (χ4v) is 2.81. The van der Waals surface area contributed by atoms with Crippen molar-refractivity contribution in [2.75, 3.05) is 0 Å². The quantitative estimate of drug-likeness (QED) is 0.711. The molecular formula is C14H12BrF3N6O. The van der Waals surface area contributed by atoms with Gasteiger partial charge in [-0.25, -0.2) is 9.50 Å². The van der Waals surface area contributed by atoms with Crippen LogP contribution in [0, 0.1) is 6.92 Å². The Morgan fingerprint density at radius 3 is 2.72 bits per heavy atom. The molecule has 0 spiro atoms. The molecule has 1 N–H and O–H groups in total. The molecule has 132 valence electrons. The molecule has 0 fully saturated rings. The first-order chi connectivity index (χ1) is 11.7. The van der Waals surface area contributed by atoms with Gasteiger partial charge in [0.15, 0.2) is 11.3 Å². The Morgan fingerprint density at radius 2 is 2.12 bits per heavy atom. The minimum atomic E-state index is -4.62. The fourth-order valence-electron chi connectivity index (χ4n) is 2.29. The molecule has 3 rings (SSSR count). The molecule has 0 radical (unpaired) electrons. The molecule has 0 unspecified atom stereocenters. The third kappa shape index (κ3) is 3.36. The van der Waals surface area contributed by atoms with Crippen LogP contribution in [0.3, 0.4) is 0 Å². The number of nitrogens with zero attached hydrogens (tertiary/aromatic N) is 5. The number of amides is 1. The number of hydrogen-bond donors (Lipinski definition) is 1. The summed E-state index contributed by atoms with van der Waals surface area (Å²) in [7, 11) is 1.73. The maximum Gasteiger partial charge on any atom is 0.433 e. The minimum Gasteiger partial charge on any atom is -0.346 e. The number of carbonyl (C=O) groups is 1. The third-order valence-electron chi connectivity index (χ3n) is 3.38. The van der Waals surface area contributed by atoms with Crippen molar-refractivity contribution in [3.05, 3.63) is 45.6 Å². The van der Waals surface area contributed by atoms with E-state index >= 15 is 0 Å². The van der Waals surface area contributed by atoms with Gasteiger partial charge < -0.3 is 5.32 Å². The lowest BCUT2D eigenvalue weighted by atomic mass is 10.3. The van der Waals surface area contributed by atoms with E-state index in [2.05, 4.69) is 36.4 Å². The number of fused-ring (bicyclic) bond motifs is 1. The summed E-state index contributed by atoms with van der Waals surface area (Å²) >= 11 is 3.13. The molecule has 0 atom stereocenters. The van der Waals surface area contributed by atoms with E-state index in [0.29, 0.717) is 4.52 Å². The lowest BCUT2D eigenvalue weighted by Gasteiger charge is -2.09. The van der Waals surface area contributed by atoms with Crippen molar-refractivity contribution in [2.45, 2.75) is 19.6 Å². The summed E-state index contributed by atoms with van der Waals surface area (Å²) in [4.78, 5) is 16.3. The molecule has 0 aromatic carbocycles. The largest absolute Gasteiger partial charge is 0.433 e.